The van der Waals surface area contributed by atoms with Crippen molar-refractivity contribution in [2.45, 2.75) is 32.2 Å². The molecule has 0 aromatic carbocycles. The van der Waals surface area contributed by atoms with Gasteiger partial charge < -0.3 is 10.2 Å². The van der Waals surface area contributed by atoms with Gasteiger partial charge in [-0.25, -0.2) is 0 Å². The second-order valence-corrected chi connectivity index (χ2v) is 3.65. The quantitative estimate of drug-likeness (QED) is 0.530. The molecule has 72 valence electrons. The van der Waals surface area contributed by atoms with Crippen LogP contribution in [0.5, 0.6) is 0 Å². The van der Waals surface area contributed by atoms with E-state index in [9.17, 15) is 0 Å². The zero-order valence-electron chi connectivity index (χ0n) is 8.05. The van der Waals surface area contributed by atoms with Crippen LogP contribution in [0.3, 0.4) is 0 Å². The lowest BCUT2D eigenvalue weighted by molar-refractivity contribution is 0.375. The zero-order chi connectivity index (χ0) is 9.68. The van der Waals surface area contributed by atoms with Crippen LogP contribution < -0.4 is 5.32 Å². The predicted molar refractivity (Wildman–Crippen MR) is 59.5 cm³/mol. The summed E-state index contributed by atoms with van der Waals surface area (Å²) in [6.45, 7) is 3.81. The third-order valence-corrected chi connectivity index (χ3v) is 2.83. The Morgan fingerprint density at radius 1 is 1.77 bits per heavy atom. The van der Waals surface area contributed by atoms with Gasteiger partial charge in [-0.2, -0.15) is 0 Å². The molecule has 1 fully saturated rings. The van der Waals surface area contributed by atoms with Crippen LogP contribution >= 0.6 is 12.2 Å². The lowest BCUT2D eigenvalue weighted by Gasteiger charge is -2.26. The van der Waals surface area contributed by atoms with Crippen molar-refractivity contribution < 1.29 is 0 Å². The first-order chi connectivity index (χ1) is 6.29. The van der Waals surface area contributed by atoms with Gasteiger partial charge in [0.1, 0.15) is 0 Å². The predicted octanol–water partition coefficient (Wildman–Crippen LogP) is 1.37. The number of rotatable bonds is 2. The topological polar surface area (TPSA) is 15.3 Å². The van der Waals surface area contributed by atoms with E-state index in [1.165, 1.54) is 12.8 Å². The minimum Gasteiger partial charge on any atom is -0.352 e. The maximum atomic E-state index is 5.24. The molecular weight excluding hydrogens is 180 g/mol. The van der Waals surface area contributed by atoms with Crippen LogP contribution in [0.25, 0.3) is 0 Å². The van der Waals surface area contributed by atoms with Crippen LogP contribution in [0, 0.1) is 12.3 Å². The molecule has 1 saturated heterocycles. The molecule has 0 radical (unpaired) electrons. The minimum absolute atomic E-state index is 0.533. The second kappa shape index (κ2) is 5.08. The Morgan fingerprint density at radius 2 is 2.54 bits per heavy atom. The molecule has 1 rings (SSSR count). The Morgan fingerprint density at radius 3 is 3.15 bits per heavy atom. The van der Waals surface area contributed by atoms with Gasteiger partial charge in [0, 0.05) is 12.6 Å². The summed E-state index contributed by atoms with van der Waals surface area (Å²) in [5.74, 6) is 2.53. The maximum Gasteiger partial charge on any atom is 0.169 e. The number of likely N-dealkylation sites (tertiary alicyclic amines) is 1. The molecule has 1 atom stereocenters. The Bertz CT molecular complexity index is 219. The van der Waals surface area contributed by atoms with Crippen molar-refractivity contribution in [3.63, 3.8) is 0 Å². The summed E-state index contributed by atoms with van der Waals surface area (Å²) in [4.78, 5) is 2.26. The molecule has 1 aliphatic rings. The number of nitrogens with zero attached hydrogens (tertiary/aromatic N) is 1. The highest BCUT2D eigenvalue weighted by Crippen LogP contribution is 2.19. The highest BCUT2D eigenvalue weighted by atomic mass is 32.1. The van der Waals surface area contributed by atoms with Crippen molar-refractivity contribution in [1.29, 1.82) is 0 Å². The Balaban J connectivity index is 2.41. The van der Waals surface area contributed by atoms with Crippen molar-refractivity contribution >= 4 is 17.3 Å². The van der Waals surface area contributed by atoms with Gasteiger partial charge in [-0.3, -0.25) is 0 Å². The fraction of sp³-hybridized carbons (Fsp3) is 0.700. The molecule has 13 heavy (non-hydrogen) atoms. The van der Waals surface area contributed by atoms with E-state index in [2.05, 4.69) is 23.1 Å². The molecule has 0 aromatic heterocycles. The van der Waals surface area contributed by atoms with Crippen LogP contribution in [0.15, 0.2) is 0 Å². The van der Waals surface area contributed by atoms with Crippen LogP contribution in [0.2, 0.25) is 0 Å². The average Bonchev–Trinajstić information content (AvgIpc) is 2.61. The van der Waals surface area contributed by atoms with Crippen LogP contribution in [-0.4, -0.2) is 29.1 Å². The standard InChI is InChI=1S/C10H16N2S/c1-3-7-11-10(13)12-8-5-6-9(12)4-2/h1,9H,4-8H2,2H3,(H,11,13). The minimum atomic E-state index is 0.533. The van der Waals surface area contributed by atoms with Crippen molar-refractivity contribution in [2.75, 3.05) is 13.1 Å². The summed E-state index contributed by atoms with van der Waals surface area (Å²) in [7, 11) is 0. The van der Waals surface area contributed by atoms with E-state index in [1.54, 1.807) is 0 Å². The summed E-state index contributed by atoms with van der Waals surface area (Å²) in [5.41, 5.74) is 0. The summed E-state index contributed by atoms with van der Waals surface area (Å²) in [6, 6.07) is 0.623. The molecule has 0 aromatic rings. The number of nitrogens with one attached hydrogen (secondary N) is 1. The third-order valence-electron chi connectivity index (χ3n) is 2.45. The fourth-order valence-corrected chi connectivity index (χ4v) is 2.07. The maximum absolute atomic E-state index is 5.24. The first-order valence-electron chi connectivity index (χ1n) is 4.77. The van der Waals surface area contributed by atoms with Gasteiger partial charge in [-0.15, -0.1) is 6.42 Å². The zero-order valence-corrected chi connectivity index (χ0v) is 8.86. The van der Waals surface area contributed by atoms with Gasteiger partial charge >= 0.3 is 0 Å². The number of hydrogen-bond acceptors (Lipinski definition) is 1. The van der Waals surface area contributed by atoms with Gasteiger partial charge in [0.05, 0.1) is 6.54 Å². The monoisotopic (exact) mass is 196 g/mol. The lowest BCUT2D eigenvalue weighted by Crippen LogP contribution is -2.42. The lowest BCUT2D eigenvalue weighted by atomic mass is 10.2. The van der Waals surface area contributed by atoms with Crippen LogP contribution in [0.4, 0.5) is 0 Å². The highest BCUT2D eigenvalue weighted by molar-refractivity contribution is 7.80. The number of hydrogen-bond donors (Lipinski definition) is 1. The summed E-state index contributed by atoms with van der Waals surface area (Å²) in [5, 5.41) is 3.88. The normalized spacial score (nSPS) is 21.2. The first-order valence-corrected chi connectivity index (χ1v) is 5.18. The number of terminal acetylenes is 1. The second-order valence-electron chi connectivity index (χ2n) is 3.26. The smallest absolute Gasteiger partial charge is 0.169 e. The Hall–Kier alpha value is -0.750. The van der Waals surface area contributed by atoms with Crippen molar-refractivity contribution in [1.82, 2.24) is 10.2 Å². The molecule has 0 amide bonds. The Labute approximate surface area is 85.7 Å². The molecule has 1 unspecified atom stereocenters. The first kappa shape index (κ1) is 10.3. The van der Waals surface area contributed by atoms with E-state index in [0.29, 0.717) is 12.6 Å². The third kappa shape index (κ3) is 2.60. The molecule has 1 N–H and O–H groups in total. The summed E-state index contributed by atoms with van der Waals surface area (Å²) >= 11 is 5.24. The van der Waals surface area contributed by atoms with E-state index < -0.39 is 0 Å². The summed E-state index contributed by atoms with van der Waals surface area (Å²) in [6.07, 6.45) is 8.82. The van der Waals surface area contributed by atoms with Crippen molar-refractivity contribution in [3.8, 4) is 12.3 Å². The summed E-state index contributed by atoms with van der Waals surface area (Å²) < 4.78 is 0. The molecule has 0 saturated carbocycles. The SMILES string of the molecule is C#CCNC(=S)N1CCCC1CC. The molecule has 1 aliphatic heterocycles. The number of thiocarbonyl (C=S) groups is 1. The van der Waals surface area contributed by atoms with E-state index >= 15 is 0 Å². The van der Waals surface area contributed by atoms with Crippen molar-refractivity contribution in [3.05, 3.63) is 0 Å². The van der Waals surface area contributed by atoms with E-state index in [4.69, 9.17) is 18.6 Å². The Kier molecular flexibility index (Phi) is 4.04. The molecule has 3 heteroatoms. The van der Waals surface area contributed by atoms with Crippen molar-refractivity contribution in [2.24, 2.45) is 0 Å². The largest absolute Gasteiger partial charge is 0.352 e. The molecule has 1 heterocycles. The van der Waals surface area contributed by atoms with Gasteiger partial charge in [0.2, 0.25) is 0 Å². The molecule has 0 bridgehead atoms. The van der Waals surface area contributed by atoms with Gasteiger partial charge in [0.25, 0.3) is 0 Å². The van der Waals surface area contributed by atoms with Crippen LogP contribution in [-0.2, 0) is 0 Å². The van der Waals surface area contributed by atoms with E-state index in [0.717, 1.165) is 18.1 Å². The molecular formula is C10H16N2S. The fourth-order valence-electron chi connectivity index (χ4n) is 1.76. The highest BCUT2D eigenvalue weighted by Gasteiger charge is 2.24. The average molecular weight is 196 g/mol. The van der Waals surface area contributed by atoms with Gasteiger partial charge in [-0.1, -0.05) is 12.8 Å². The van der Waals surface area contributed by atoms with E-state index in [1.807, 2.05) is 0 Å². The van der Waals surface area contributed by atoms with E-state index in [-0.39, 0.29) is 0 Å². The molecule has 0 spiro atoms. The van der Waals surface area contributed by atoms with Gasteiger partial charge in [0.15, 0.2) is 5.11 Å². The van der Waals surface area contributed by atoms with Crippen LogP contribution in [0.1, 0.15) is 26.2 Å². The molecule has 2 nitrogen and oxygen atoms in total. The molecule has 0 aliphatic carbocycles. The van der Waals surface area contributed by atoms with Gasteiger partial charge in [-0.05, 0) is 31.5 Å².